The second-order valence-corrected chi connectivity index (χ2v) is 1.47. The smallest absolute Gasteiger partial charge is 0.343 e. The van der Waals surface area contributed by atoms with E-state index in [2.05, 4.69) is 4.74 Å². The fourth-order valence-corrected chi connectivity index (χ4v) is 0.290. The third-order valence-corrected chi connectivity index (χ3v) is 0.769. The molecule has 0 unspecified atom stereocenters. The highest BCUT2D eigenvalue weighted by Gasteiger charge is 2.01. The van der Waals surface area contributed by atoms with Gasteiger partial charge in [0, 0.05) is 0 Å². The Balaban J connectivity index is 3.89. The maximum atomic E-state index is 10.5. The number of hydrogen-bond acceptors (Lipinski definition) is 3. The van der Waals surface area contributed by atoms with Gasteiger partial charge in [0.15, 0.2) is 0 Å². The fourth-order valence-electron chi connectivity index (χ4n) is 0.290. The highest BCUT2D eigenvalue weighted by Crippen LogP contribution is 1.88. The van der Waals surface area contributed by atoms with Gasteiger partial charge in [-0.1, -0.05) is 0 Å². The lowest BCUT2D eigenvalue weighted by Gasteiger charge is -1.95. The number of ether oxygens (including phenoxy) is 1. The first-order valence-electron chi connectivity index (χ1n) is 2.65. The average molecular weight is 127 g/mol. The first-order valence-corrected chi connectivity index (χ1v) is 2.65. The zero-order valence-corrected chi connectivity index (χ0v) is 5.52. The van der Waals surface area contributed by atoms with Crippen LogP contribution in [0.2, 0.25) is 0 Å². The zero-order chi connectivity index (χ0) is 7.28. The molecule has 1 N–H and O–H groups in total. The van der Waals surface area contributed by atoms with Crippen molar-refractivity contribution in [3.05, 3.63) is 5.57 Å². The van der Waals surface area contributed by atoms with Crippen molar-refractivity contribution in [3.8, 4) is 0 Å². The number of nitrogens with one attached hydrogen (secondary N) is 1. The highest BCUT2D eigenvalue weighted by atomic mass is 16.5. The van der Waals surface area contributed by atoms with E-state index < -0.39 is 5.97 Å². The summed E-state index contributed by atoms with van der Waals surface area (Å²) in [6, 6.07) is 0. The van der Waals surface area contributed by atoms with Gasteiger partial charge in [-0.2, -0.15) is 0 Å². The number of esters is 1. The van der Waals surface area contributed by atoms with E-state index in [1.165, 1.54) is 6.92 Å². The van der Waals surface area contributed by atoms with E-state index in [0.29, 0.717) is 6.61 Å². The summed E-state index contributed by atoms with van der Waals surface area (Å²) in [6.45, 7) is 3.55. The average Bonchev–Trinajstić information content (AvgIpc) is 1.87. The van der Waals surface area contributed by atoms with Crippen LogP contribution in [-0.2, 0) is 9.53 Å². The third kappa shape index (κ3) is 2.67. The van der Waals surface area contributed by atoms with Gasteiger partial charge in [0.05, 0.1) is 12.2 Å². The summed E-state index contributed by atoms with van der Waals surface area (Å²) in [6.07, 6.45) is 0. The van der Waals surface area contributed by atoms with Crippen LogP contribution in [-0.4, -0.2) is 18.4 Å². The Kier molecular flexibility index (Phi) is 3.40. The molecule has 0 amide bonds. The van der Waals surface area contributed by atoms with Crippen LogP contribution in [0.4, 0.5) is 0 Å². The van der Waals surface area contributed by atoms with E-state index >= 15 is 0 Å². The normalized spacial score (nSPS) is 7.78. The van der Waals surface area contributed by atoms with Crippen molar-refractivity contribution >= 4 is 11.8 Å². The molecule has 0 atom stereocenters. The van der Waals surface area contributed by atoms with Crippen molar-refractivity contribution in [2.45, 2.75) is 13.8 Å². The minimum Gasteiger partial charge on any atom is -0.462 e. The molecular weight excluding hydrogens is 118 g/mol. The first kappa shape index (κ1) is 7.92. The van der Waals surface area contributed by atoms with E-state index in [1.807, 2.05) is 5.87 Å². The van der Waals surface area contributed by atoms with Crippen LogP contribution in [0.1, 0.15) is 13.8 Å². The summed E-state index contributed by atoms with van der Waals surface area (Å²) in [5.74, 6) is 1.48. The minimum absolute atomic E-state index is 0.205. The summed E-state index contributed by atoms with van der Waals surface area (Å²) >= 11 is 0. The van der Waals surface area contributed by atoms with Gasteiger partial charge < -0.3 is 4.74 Å². The quantitative estimate of drug-likeness (QED) is 0.338. The lowest BCUT2D eigenvalue weighted by Crippen LogP contribution is -2.04. The van der Waals surface area contributed by atoms with Gasteiger partial charge in [-0.25, -0.2) is 4.79 Å². The Morgan fingerprint density at radius 3 is 2.67 bits per heavy atom. The molecule has 3 nitrogen and oxygen atoms in total. The zero-order valence-electron chi connectivity index (χ0n) is 5.52. The van der Waals surface area contributed by atoms with E-state index in [4.69, 9.17) is 5.41 Å². The minimum atomic E-state index is -0.465. The summed E-state index contributed by atoms with van der Waals surface area (Å²) in [4.78, 5) is 10.5. The molecule has 0 spiro atoms. The van der Waals surface area contributed by atoms with Crippen molar-refractivity contribution < 1.29 is 9.53 Å². The monoisotopic (exact) mass is 127 g/mol. The van der Waals surface area contributed by atoms with E-state index in [0.717, 1.165) is 0 Å². The van der Waals surface area contributed by atoms with Crippen molar-refractivity contribution in [2.24, 2.45) is 0 Å². The Morgan fingerprint density at radius 2 is 2.33 bits per heavy atom. The Hall–Kier alpha value is -1.08. The molecule has 50 valence electrons. The lowest BCUT2D eigenvalue weighted by molar-refractivity contribution is -0.138. The summed E-state index contributed by atoms with van der Waals surface area (Å²) < 4.78 is 4.54. The SMILES string of the molecule is CCOC(=O)C(C)=C=N. The summed E-state index contributed by atoms with van der Waals surface area (Å²) in [5, 5.41) is 6.53. The number of hydrogen-bond donors (Lipinski definition) is 1. The van der Waals surface area contributed by atoms with Gasteiger partial charge in [-0.15, -0.1) is 0 Å². The molecule has 3 heteroatoms. The van der Waals surface area contributed by atoms with Gasteiger partial charge in [0.1, 0.15) is 0 Å². The van der Waals surface area contributed by atoms with Gasteiger partial charge in [-0.3, -0.25) is 5.41 Å². The molecule has 0 saturated carbocycles. The van der Waals surface area contributed by atoms with Gasteiger partial charge in [-0.05, 0) is 19.7 Å². The largest absolute Gasteiger partial charge is 0.462 e. The van der Waals surface area contributed by atoms with Gasteiger partial charge in [0.2, 0.25) is 0 Å². The molecule has 0 fully saturated rings. The second kappa shape index (κ2) is 3.87. The molecule has 0 aromatic rings. The van der Waals surface area contributed by atoms with Crippen LogP contribution < -0.4 is 0 Å². The van der Waals surface area contributed by atoms with Crippen LogP contribution >= 0.6 is 0 Å². The van der Waals surface area contributed by atoms with Crippen molar-refractivity contribution in [1.29, 1.82) is 5.41 Å². The van der Waals surface area contributed by atoms with Crippen LogP contribution in [0.3, 0.4) is 0 Å². The van der Waals surface area contributed by atoms with E-state index in [9.17, 15) is 4.79 Å². The predicted octanol–water partition coefficient (Wildman–Crippen LogP) is 0.744. The van der Waals surface area contributed by atoms with Crippen molar-refractivity contribution in [3.63, 3.8) is 0 Å². The van der Waals surface area contributed by atoms with Crippen LogP contribution in [0.25, 0.3) is 0 Å². The summed E-state index contributed by atoms with van der Waals surface area (Å²) in [5.41, 5.74) is 0.205. The molecule has 0 aromatic heterocycles. The van der Waals surface area contributed by atoms with Gasteiger partial charge >= 0.3 is 5.97 Å². The fraction of sp³-hybridized carbons (Fsp3) is 0.500. The molecular formula is C6H9NO2. The Morgan fingerprint density at radius 1 is 1.78 bits per heavy atom. The topological polar surface area (TPSA) is 50.2 Å². The lowest BCUT2D eigenvalue weighted by atomic mass is 10.3. The maximum absolute atomic E-state index is 10.5. The number of carbonyl (C=O) groups excluding carboxylic acids is 1. The third-order valence-electron chi connectivity index (χ3n) is 0.769. The molecule has 0 heterocycles. The molecule has 0 aromatic carbocycles. The van der Waals surface area contributed by atoms with E-state index in [-0.39, 0.29) is 5.57 Å². The maximum Gasteiger partial charge on any atom is 0.343 e. The number of carbonyl (C=O) groups is 1. The molecule has 0 rings (SSSR count). The first-order chi connectivity index (χ1) is 4.22. The number of rotatable bonds is 2. The van der Waals surface area contributed by atoms with Crippen LogP contribution in [0, 0.1) is 5.41 Å². The van der Waals surface area contributed by atoms with E-state index in [1.54, 1.807) is 6.92 Å². The van der Waals surface area contributed by atoms with Crippen LogP contribution in [0.5, 0.6) is 0 Å². The predicted molar refractivity (Wildman–Crippen MR) is 33.5 cm³/mol. The molecule has 0 aliphatic heterocycles. The molecule has 0 aliphatic carbocycles. The summed E-state index contributed by atoms with van der Waals surface area (Å²) in [7, 11) is 0. The molecule has 0 aliphatic rings. The Labute approximate surface area is 53.8 Å². The molecule has 0 saturated heterocycles. The Bertz CT molecular complexity index is 156. The molecule has 0 bridgehead atoms. The van der Waals surface area contributed by atoms with Gasteiger partial charge in [0.25, 0.3) is 0 Å². The van der Waals surface area contributed by atoms with Crippen molar-refractivity contribution in [1.82, 2.24) is 0 Å². The second-order valence-electron chi connectivity index (χ2n) is 1.47. The molecule has 9 heavy (non-hydrogen) atoms. The standard InChI is InChI=1S/C6H9NO2/c1-3-9-6(8)5(2)4-7/h7H,3H2,1-2H3. The van der Waals surface area contributed by atoms with Crippen molar-refractivity contribution in [2.75, 3.05) is 6.61 Å². The molecule has 0 radical (unpaired) electrons. The van der Waals surface area contributed by atoms with Crippen LogP contribution in [0.15, 0.2) is 5.57 Å². The highest BCUT2D eigenvalue weighted by molar-refractivity contribution is 5.96.